The summed E-state index contributed by atoms with van der Waals surface area (Å²) in [5, 5.41) is 0. The normalized spacial score (nSPS) is 21.3. The first-order valence-electron chi connectivity index (χ1n) is 6.08. The Bertz CT molecular complexity index is 400. The summed E-state index contributed by atoms with van der Waals surface area (Å²) in [7, 11) is 0. The van der Waals surface area contributed by atoms with Crippen molar-refractivity contribution in [1.29, 1.82) is 0 Å². The van der Waals surface area contributed by atoms with Crippen LogP contribution in [0.2, 0.25) is 0 Å². The van der Waals surface area contributed by atoms with Gasteiger partial charge in [0.15, 0.2) is 0 Å². The molecule has 0 aromatic heterocycles. The third-order valence-corrected chi connectivity index (χ3v) is 5.48. The third-order valence-electron chi connectivity index (χ3n) is 2.64. The zero-order valence-corrected chi connectivity index (χ0v) is 12.7. The van der Waals surface area contributed by atoms with E-state index >= 15 is 0 Å². The van der Waals surface area contributed by atoms with E-state index in [9.17, 15) is 0 Å². The van der Waals surface area contributed by atoms with Crippen LogP contribution >= 0.6 is 0 Å². The summed E-state index contributed by atoms with van der Waals surface area (Å²) < 4.78 is 15.0. The molecule has 1 aliphatic heterocycles. The first-order valence-corrected chi connectivity index (χ1v) is 8.59. The Morgan fingerprint density at radius 3 is 3.00 bits per heavy atom. The SMILES string of the molecule is C=CCOCC1C/C(=C/[Te]c2ccccc2)CO1. The summed E-state index contributed by atoms with van der Waals surface area (Å²) in [6, 6.07) is 10.7. The van der Waals surface area contributed by atoms with Gasteiger partial charge >= 0.3 is 119 Å². The van der Waals surface area contributed by atoms with E-state index < -0.39 is 0 Å². The van der Waals surface area contributed by atoms with Crippen LogP contribution in [0.3, 0.4) is 0 Å². The van der Waals surface area contributed by atoms with Crippen LogP contribution in [-0.2, 0) is 9.47 Å². The molecule has 18 heavy (non-hydrogen) atoms. The van der Waals surface area contributed by atoms with Crippen LogP contribution in [0.1, 0.15) is 6.42 Å². The van der Waals surface area contributed by atoms with Gasteiger partial charge < -0.3 is 0 Å². The molecule has 1 heterocycles. The molecule has 1 atom stereocenters. The molecular weight excluding hydrogens is 340 g/mol. The van der Waals surface area contributed by atoms with Crippen LogP contribution < -0.4 is 3.61 Å². The van der Waals surface area contributed by atoms with Gasteiger partial charge in [0.1, 0.15) is 0 Å². The molecule has 0 bridgehead atoms. The fourth-order valence-corrected chi connectivity index (χ4v) is 3.99. The number of hydrogen-bond acceptors (Lipinski definition) is 2. The van der Waals surface area contributed by atoms with Gasteiger partial charge in [-0.15, -0.1) is 0 Å². The van der Waals surface area contributed by atoms with Gasteiger partial charge in [-0.3, -0.25) is 0 Å². The van der Waals surface area contributed by atoms with E-state index in [1.807, 2.05) is 0 Å². The molecule has 1 fully saturated rings. The molecule has 0 saturated carbocycles. The molecule has 1 aromatic rings. The van der Waals surface area contributed by atoms with E-state index in [0.717, 1.165) is 13.0 Å². The maximum atomic E-state index is 5.69. The van der Waals surface area contributed by atoms with Crippen LogP contribution in [0.4, 0.5) is 0 Å². The van der Waals surface area contributed by atoms with Gasteiger partial charge in [-0.25, -0.2) is 0 Å². The van der Waals surface area contributed by atoms with Crippen LogP contribution in [0.15, 0.2) is 52.7 Å². The zero-order valence-electron chi connectivity index (χ0n) is 10.4. The van der Waals surface area contributed by atoms with Crippen molar-refractivity contribution in [3.63, 3.8) is 0 Å². The maximum absolute atomic E-state index is 5.69. The fourth-order valence-electron chi connectivity index (χ4n) is 1.76. The average molecular weight is 358 g/mol. The summed E-state index contributed by atoms with van der Waals surface area (Å²) in [5.74, 6) is 0. The van der Waals surface area contributed by atoms with Crippen LogP contribution in [0.5, 0.6) is 0 Å². The van der Waals surface area contributed by atoms with Crippen molar-refractivity contribution in [3.05, 3.63) is 52.7 Å². The molecule has 0 N–H and O–H groups in total. The van der Waals surface area contributed by atoms with Gasteiger partial charge in [0.25, 0.3) is 0 Å². The molecule has 96 valence electrons. The molecule has 2 nitrogen and oxygen atoms in total. The number of hydrogen-bond donors (Lipinski definition) is 0. The van der Waals surface area contributed by atoms with Gasteiger partial charge in [0.05, 0.1) is 0 Å². The van der Waals surface area contributed by atoms with E-state index in [2.05, 4.69) is 41.0 Å². The molecule has 1 saturated heterocycles. The monoisotopic (exact) mass is 360 g/mol. The second-order valence-corrected chi connectivity index (χ2v) is 6.86. The first-order chi connectivity index (χ1) is 8.88. The standard InChI is InChI=1S/C15H18O2Te/c1-2-8-16-11-14-9-13(10-17-14)12-18-15-6-4-3-5-7-15/h2-7,12,14H,1,8-11H2/b13-12-. The van der Waals surface area contributed by atoms with E-state index in [0.29, 0.717) is 13.2 Å². The summed E-state index contributed by atoms with van der Waals surface area (Å²) >= 11 is -0.205. The second-order valence-electron chi connectivity index (χ2n) is 4.17. The van der Waals surface area contributed by atoms with Gasteiger partial charge in [-0.1, -0.05) is 0 Å². The van der Waals surface area contributed by atoms with E-state index in [1.54, 1.807) is 6.08 Å². The van der Waals surface area contributed by atoms with Gasteiger partial charge in [0.2, 0.25) is 0 Å². The number of rotatable bonds is 6. The van der Waals surface area contributed by atoms with Gasteiger partial charge in [-0.2, -0.15) is 0 Å². The molecule has 1 aromatic carbocycles. The Kier molecular flexibility index (Phi) is 5.96. The van der Waals surface area contributed by atoms with Crippen molar-refractivity contribution in [2.24, 2.45) is 0 Å². The Labute approximate surface area is 119 Å². The average Bonchev–Trinajstić information content (AvgIpc) is 2.86. The Morgan fingerprint density at radius 2 is 2.22 bits per heavy atom. The Morgan fingerprint density at radius 1 is 1.39 bits per heavy atom. The van der Waals surface area contributed by atoms with Crippen molar-refractivity contribution in [2.45, 2.75) is 12.5 Å². The molecule has 0 radical (unpaired) electrons. The molecule has 0 aliphatic carbocycles. The Balaban J connectivity index is 1.76. The predicted octanol–water partition coefficient (Wildman–Crippen LogP) is 1.89. The van der Waals surface area contributed by atoms with Crippen molar-refractivity contribution >= 4 is 24.5 Å². The van der Waals surface area contributed by atoms with Crippen LogP contribution in [-0.4, -0.2) is 46.8 Å². The molecule has 0 amide bonds. The second kappa shape index (κ2) is 7.76. The number of benzene rings is 1. The summed E-state index contributed by atoms with van der Waals surface area (Å²) in [5.41, 5.74) is 1.44. The van der Waals surface area contributed by atoms with Crippen LogP contribution in [0, 0.1) is 0 Å². The first kappa shape index (κ1) is 13.8. The Hall–Kier alpha value is -0.590. The molecule has 2 rings (SSSR count). The van der Waals surface area contributed by atoms with Crippen molar-refractivity contribution in [1.82, 2.24) is 0 Å². The fraction of sp³-hybridized carbons (Fsp3) is 0.333. The van der Waals surface area contributed by atoms with Crippen LogP contribution in [0.25, 0.3) is 0 Å². The molecule has 0 spiro atoms. The minimum atomic E-state index is -0.205. The molecule has 1 aliphatic rings. The summed E-state index contributed by atoms with van der Waals surface area (Å²) in [6.07, 6.45) is 3.03. The predicted molar refractivity (Wildman–Crippen MR) is 75.3 cm³/mol. The molecule has 3 heteroatoms. The molecular formula is C15H18O2Te. The number of ether oxygens (including phenoxy) is 2. The third kappa shape index (κ3) is 4.59. The summed E-state index contributed by atoms with van der Waals surface area (Å²) in [4.78, 5) is 0. The van der Waals surface area contributed by atoms with Gasteiger partial charge in [0, 0.05) is 0 Å². The zero-order chi connectivity index (χ0) is 12.6. The van der Waals surface area contributed by atoms with E-state index in [-0.39, 0.29) is 27.0 Å². The van der Waals surface area contributed by atoms with Crippen molar-refractivity contribution < 1.29 is 9.47 Å². The van der Waals surface area contributed by atoms with E-state index in [4.69, 9.17) is 9.47 Å². The minimum absolute atomic E-state index is 0.205. The van der Waals surface area contributed by atoms with Gasteiger partial charge in [-0.05, 0) is 0 Å². The van der Waals surface area contributed by atoms with Crippen molar-refractivity contribution in [2.75, 3.05) is 19.8 Å². The summed E-state index contributed by atoms with van der Waals surface area (Å²) in [6.45, 7) is 5.69. The topological polar surface area (TPSA) is 18.5 Å². The van der Waals surface area contributed by atoms with Crippen molar-refractivity contribution in [3.8, 4) is 0 Å². The van der Waals surface area contributed by atoms with E-state index in [1.165, 1.54) is 9.18 Å². The quantitative estimate of drug-likeness (QED) is 0.440. The molecule has 1 unspecified atom stereocenters.